The summed E-state index contributed by atoms with van der Waals surface area (Å²) in [5.41, 5.74) is 0.0636. The van der Waals surface area contributed by atoms with E-state index >= 15 is 0 Å². The van der Waals surface area contributed by atoms with Crippen LogP contribution in [0.25, 0.3) is 20.3 Å². The third-order valence-electron chi connectivity index (χ3n) is 2.32. The molecule has 1 aromatic carbocycles. The molecule has 80 valence electrons. The number of benzene rings is 1. The van der Waals surface area contributed by atoms with Crippen molar-refractivity contribution >= 4 is 31.6 Å². The Balaban J connectivity index is 2.66. The van der Waals surface area contributed by atoms with Crippen LogP contribution in [0.1, 0.15) is 0 Å². The average Bonchev–Trinajstić information content (AvgIpc) is 2.65. The number of aromatic amines is 1. The molecule has 0 aliphatic heterocycles. The van der Waals surface area contributed by atoms with E-state index in [1.54, 1.807) is 0 Å². The summed E-state index contributed by atoms with van der Waals surface area (Å²) in [6.07, 6.45) is 1.25. The van der Waals surface area contributed by atoms with E-state index in [0.29, 0.717) is 15.6 Å². The molecule has 1 N–H and O–H groups in total. The van der Waals surface area contributed by atoms with Crippen molar-refractivity contribution in [3.63, 3.8) is 0 Å². The number of rotatable bonds is 0. The summed E-state index contributed by atoms with van der Waals surface area (Å²) >= 11 is 0.908. The number of H-pyrrole nitrogens is 1. The van der Waals surface area contributed by atoms with Gasteiger partial charge in [0.2, 0.25) is 0 Å². The molecule has 3 nitrogen and oxygen atoms in total. The van der Waals surface area contributed by atoms with Crippen LogP contribution in [0.5, 0.6) is 0 Å². The van der Waals surface area contributed by atoms with E-state index in [9.17, 15) is 13.6 Å². The molecular weight excluding hydrogens is 234 g/mol. The molecule has 0 aliphatic carbocycles. The molecule has 2 aromatic heterocycles. The van der Waals surface area contributed by atoms with Gasteiger partial charge in [0.15, 0.2) is 11.6 Å². The molecule has 0 aliphatic rings. The van der Waals surface area contributed by atoms with E-state index in [0.717, 1.165) is 17.4 Å². The van der Waals surface area contributed by atoms with Crippen molar-refractivity contribution in [3.05, 3.63) is 40.4 Å². The fourth-order valence-corrected chi connectivity index (χ4v) is 2.67. The minimum absolute atomic E-state index is 0.124. The van der Waals surface area contributed by atoms with Crippen molar-refractivity contribution in [2.75, 3.05) is 0 Å². The van der Waals surface area contributed by atoms with E-state index in [1.165, 1.54) is 12.4 Å². The lowest BCUT2D eigenvalue weighted by molar-refractivity contribution is 0.518. The van der Waals surface area contributed by atoms with Crippen LogP contribution in [0.15, 0.2) is 23.3 Å². The number of aromatic nitrogens is 2. The van der Waals surface area contributed by atoms with Crippen molar-refractivity contribution in [3.8, 4) is 0 Å². The zero-order valence-corrected chi connectivity index (χ0v) is 8.57. The summed E-state index contributed by atoms with van der Waals surface area (Å²) < 4.78 is 26.9. The molecule has 0 atom stereocenters. The van der Waals surface area contributed by atoms with Crippen LogP contribution in [0.2, 0.25) is 0 Å². The highest BCUT2D eigenvalue weighted by molar-refractivity contribution is 7.25. The van der Waals surface area contributed by atoms with E-state index < -0.39 is 11.6 Å². The summed E-state index contributed by atoms with van der Waals surface area (Å²) in [4.78, 5) is 17.8. The topological polar surface area (TPSA) is 45.8 Å². The fraction of sp³-hybridized carbons (Fsp3) is 0. The maximum absolute atomic E-state index is 13.5. The van der Waals surface area contributed by atoms with Gasteiger partial charge in [0, 0.05) is 5.39 Å². The van der Waals surface area contributed by atoms with Crippen molar-refractivity contribution < 1.29 is 8.78 Å². The fourth-order valence-electron chi connectivity index (χ4n) is 1.59. The van der Waals surface area contributed by atoms with Crippen molar-refractivity contribution in [1.82, 2.24) is 9.97 Å². The Hall–Kier alpha value is -1.82. The quantitative estimate of drug-likeness (QED) is 0.653. The first kappa shape index (κ1) is 9.41. The molecule has 0 spiro atoms. The smallest absolute Gasteiger partial charge is 0.268 e. The van der Waals surface area contributed by atoms with E-state index in [4.69, 9.17) is 0 Å². The van der Waals surface area contributed by atoms with Crippen LogP contribution in [-0.4, -0.2) is 9.97 Å². The van der Waals surface area contributed by atoms with Gasteiger partial charge >= 0.3 is 0 Å². The molecule has 0 amide bonds. The number of halogens is 2. The molecule has 2 heterocycles. The standard InChI is InChI=1S/C10H4F2N2OS/c11-5-2-1-4-7-9(10(15)14-3-13-7)16-8(4)6(5)12/h1-3H,(H,13,14,15). The lowest BCUT2D eigenvalue weighted by Crippen LogP contribution is -2.03. The third-order valence-corrected chi connectivity index (χ3v) is 3.51. The molecule has 0 saturated carbocycles. The van der Waals surface area contributed by atoms with Crippen molar-refractivity contribution in [1.29, 1.82) is 0 Å². The van der Waals surface area contributed by atoms with Gasteiger partial charge in [-0.25, -0.2) is 13.8 Å². The number of nitrogens with one attached hydrogen (secondary N) is 1. The first-order valence-electron chi connectivity index (χ1n) is 4.42. The van der Waals surface area contributed by atoms with Crippen LogP contribution in [-0.2, 0) is 0 Å². The van der Waals surface area contributed by atoms with E-state index in [-0.39, 0.29) is 10.3 Å². The second-order valence-electron chi connectivity index (χ2n) is 3.25. The van der Waals surface area contributed by atoms with Gasteiger partial charge in [0.1, 0.15) is 4.70 Å². The van der Waals surface area contributed by atoms with Gasteiger partial charge in [0.25, 0.3) is 5.56 Å². The van der Waals surface area contributed by atoms with E-state index in [2.05, 4.69) is 9.97 Å². The maximum atomic E-state index is 13.5. The largest absolute Gasteiger partial charge is 0.312 e. The summed E-state index contributed by atoms with van der Waals surface area (Å²) in [5, 5.41) is 0.463. The van der Waals surface area contributed by atoms with Gasteiger partial charge in [-0.3, -0.25) is 4.79 Å². The lowest BCUT2D eigenvalue weighted by atomic mass is 10.2. The number of thiophene rings is 1. The molecule has 0 unspecified atom stereocenters. The van der Waals surface area contributed by atoms with Gasteiger partial charge in [-0.05, 0) is 12.1 Å². The molecule has 0 radical (unpaired) electrons. The Morgan fingerprint density at radius 3 is 2.88 bits per heavy atom. The highest BCUT2D eigenvalue weighted by atomic mass is 32.1. The summed E-state index contributed by atoms with van der Waals surface area (Å²) in [7, 11) is 0. The molecule has 6 heteroatoms. The number of fused-ring (bicyclic) bond motifs is 3. The molecule has 0 fully saturated rings. The van der Waals surface area contributed by atoms with Crippen LogP contribution in [0, 0.1) is 11.6 Å². The number of hydrogen-bond acceptors (Lipinski definition) is 3. The monoisotopic (exact) mass is 238 g/mol. The zero-order chi connectivity index (χ0) is 11.3. The Morgan fingerprint density at radius 2 is 2.06 bits per heavy atom. The summed E-state index contributed by atoms with van der Waals surface area (Å²) in [6.45, 7) is 0. The second kappa shape index (κ2) is 3.08. The Kier molecular flexibility index (Phi) is 1.81. The Bertz CT molecular complexity index is 762. The minimum atomic E-state index is -0.931. The first-order valence-corrected chi connectivity index (χ1v) is 5.24. The zero-order valence-electron chi connectivity index (χ0n) is 7.75. The van der Waals surface area contributed by atoms with Crippen LogP contribution in [0.3, 0.4) is 0 Å². The van der Waals surface area contributed by atoms with Crippen molar-refractivity contribution in [2.45, 2.75) is 0 Å². The third kappa shape index (κ3) is 1.10. The molecule has 0 bridgehead atoms. The summed E-state index contributed by atoms with van der Waals surface area (Å²) in [6, 6.07) is 2.46. The van der Waals surface area contributed by atoms with E-state index in [1.807, 2.05) is 0 Å². The Labute approximate surface area is 91.4 Å². The van der Waals surface area contributed by atoms with Gasteiger partial charge < -0.3 is 4.98 Å². The Morgan fingerprint density at radius 1 is 1.25 bits per heavy atom. The predicted octanol–water partition coefficient (Wildman–Crippen LogP) is 2.42. The van der Waals surface area contributed by atoms with Gasteiger partial charge in [-0.2, -0.15) is 0 Å². The molecule has 0 saturated heterocycles. The molecule has 3 aromatic rings. The maximum Gasteiger partial charge on any atom is 0.268 e. The summed E-state index contributed by atoms with van der Waals surface area (Å²) in [5.74, 6) is -1.85. The minimum Gasteiger partial charge on any atom is -0.312 e. The van der Waals surface area contributed by atoms with Gasteiger partial charge in [0.05, 0.1) is 16.5 Å². The van der Waals surface area contributed by atoms with Crippen LogP contribution < -0.4 is 5.56 Å². The molecule has 3 rings (SSSR count). The average molecular weight is 238 g/mol. The molecular formula is C10H4F2N2OS. The second-order valence-corrected chi connectivity index (χ2v) is 4.27. The highest BCUT2D eigenvalue weighted by Gasteiger charge is 2.14. The number of hydrogen-bond donors (Lipinski definition) is 1. The van der Waals surface area contributed by atoms with Crippen LogP contribution in [0.4, 0.5) is 8.78 Å². The lowest BCUT2D eigenvalue weighted by Gasteiger charge is -1.93. The predicted molar refractivity (Wildman–Crippen MR) is 57.7 cm³/mol. The van der Waals surface area contributed by atoms with Gasteiger partial charge in [-0.15, -0.1) is 11.3 Å². The first-order chi connectivity index (χ1) is 7.68. The van der Waals surface area contributed by atoms with Crippen LogP contribution >= 0.6 is 11.3 Å². The molecule has 16 heavy (non-hydrogen) atoms. The SMILES string of the molecule is O=c1[nH]cnc2c1sc1c(F)c(F)ccc12. The van der Waals surface area contributed by atoms with Gasteiger partial charge in [-0.1, -0.05) is 0 Å². The number of nitrogens with zero attached hydrogens (tertiary/aromatic N) is 1. The normalized spacial score (nSPS) is 11.4. The van der Waals surface area contributed by atoms with Crippen molar-refractivity contribution in [2.24, 2.45) is 0 Å². The highest BCUT2D eigenvalue weighted by Crippen LogP contribution is 2.32.